The van der Waals surface area contributed by atoms with E-state index in [-0.39, 0.29) is 0 Å². The molecule has 3 N–H and O–H groups in total. The molecule has 0 fully saturated rings. The van der Waals surface area contributed by atoms with Crippen LogP contribution in [0.5, 0.6) is 0 Å². The van der Waals surface area contributed by atoms with Crippen LogP contribution in [-0.4, -0.2) is 30.8 Å². The molecular formula is C15H22N2O4. The largest absolute Gasteiger partial charge is 0.467 e. The number of hydrogen-bond acceptors (Lipinski definition) is 5. The lowest BCUT2D eigenvalue weighted by atomic mass is 10.0. The number of rotatable bonds is 4. The van der Waals surface area contributed by atoms with E-state index >= 15 is 0 Å². The molecule has 0 saturated heterocycles. The molecule has 0 aromatic heterocycles. The van der Waals surface area contributed by atoms with E-state index in [0.717, 1.165) is 0 Å². The van der Waals surface area contributed by atoms with E-state index in [1.165, 1.54) is 7.11 Å². The van der Waals surface area contributed by atoms with Crippen molar-refractivity contribution in [1.29, 1.82) is 0 Å². The molecule has 0 unspecified atom stereocenters. The summed E-state index contributed by atoms with van der Waals surface area (Å²) in [5.41, 5.74) is 6.10. The summed E-state index contributed by atoms with van der Waals surface area (Å²) >= 11 is 0. The molecule has 116 valence electrons. The van der Waals surface area contributed by atoms with Gasteiger partial charge >= 0.3 is 12.1 Å². The molecule has 2 atom stereocenters. The zero-order valence-electron chi connectivity index (χ0n) is 12.8. The lowest BCUT2D eigenvalue weighted by Gasteiger charge is -2.25. The summed E-state index contributed by atoms with van der Waals surface area (Å²) in [5.74, 6) is -0.628. The number of amides is 1. The number of hydrogen-bond donors (Lipinski definition) is 2. The van der Waals surface area contributed by atoms with Gasteiger partial charge in [0.05, 0.1) is 13.2 Å². The van der Waals surface area contributed by atoms with Crippen LogP contribution in [0.3, 0.4) is 0 Å². The zero-order valence-corrected chi connectivity index (χ0v) is 12.8. The zero-order chi connectivity index (χ0) is 16.0. The summed E-state index contributed by atoms with van der Waals surface area (Å²) in [6, 6.07) is 7.24. The Balaban J connectivity index is 2.86. The van der Waals surface area contributed by atoms with Gasteiger partial charge in [0, 0.05) is 0 Å². The Morgan fingerprint density at radius 3 is 2.24 bits per heavy atom. The Hall–Kier alpha value is -2.08. The van der Waals surface area contributed by atoms with E-state index in [9.17, 15) is 9.59 Å². The van der Waals surface area contributed by atoms with Gasteiger partial charge in [-0.2, -0.15) is 0 Å². The van der Waals surface area contributed by atoms with Gasteiger partial charge in [-0.05, 0) is 26.3 Å². The van der Waals surface area contributed by atoms with Crippen molar-refractivity contribution in [2.75, 3.05) is 7.11 Å². The van der Waals surface area contributed by atoms with Crippen LogP contribution in [0.4, 0.5) is 4.79 Å². The highest BCUT2D eigenvalue weighted by Crippen LogP contribution is 2.16. The highest BCUT2D eigenvalue weighted by molar-refractivity contribution is 5.82. The van der Waals surface area contributed by atoms with Crippen molar-refractivity contribution in [2.24, 2.45) is 5.73 Å². The molecule has 0 heterocycles. The summed E-state index contributed by atoms with van der Waals surface area (Å²) in [5, 5.41) is 2.46. The lowest BCUT2D eigenvalue weighted by molar-refractivity contribution is -0.143. The summed E-state index contributed by atoms with van der Waals surface area (Å²) in [7, 11) is 1.24. The van der Waals surface area contributed by atoms with Crippen molar-refractivity contribution in [2.45, 2.75) is 38.5 Å². The first kappa shape index (κ1) is 17.0. The van der Waals surface area contributed by atoms with Crippen LogP contribution in [0, 0.1) is 0 Å². The Kier molecular flexibility index (Phi) is 5.72. The molecule has 1 aromatic carbocycles. The molecule has 6 heteroatoms. The molecule has 1 aromatic rings. The van der Waals surface area contributed by atoms with E-state index in [0.29, 0.717) is 5.56 Å². The van der Waals surface area contributed by atoms with Gasteiger partial charge in [0.25, 0.3) is 0 Å². The van der Waals surface area contributed by atoms with Gasteiger partial charge in [-0.15, -0.1) is 0 Å². The molecule has 0 radical (unpaired) electrons. The van der Waals surface area contributed by atoms with Crippen LogP contribution in [0.2, 0.25) is 0 Å². The minimum Gasteiger partial charge on any atom is -0.467 e. The van der Waals surface area contributed by atoms with Crippen LogP contribution in [0.15, 0.2) is 30.3 Å². The normalized spacial score (nSPS) is 14.0. The number of esters is 1. The molecule has 21 heavy (non-hydrogen) atoms. The minimum absolute atomic E-state index is 0.628. The number of carbonyl (C=O) groups excluding carboxylic acids is 2. The number of alkyl carbamates (subject to hydrolysis) is 1. The second kappa shape index (κ2) is 7.08. The molecule has 0 bridgehead atoms. The van der Waals surface area contributed by atoms with Gasteiger partial charge in [0.15, 0.2) is 0 Å². The standard InChI is InChI=1S/C15H22N2O4/c1-15(2,3)21-14(19)17-12(13(18)20-4)11(16)10-8-6-5-7-9-10/h5-9,11-12H,16H2,1-4H3,(H,17,19)/t11-,12-/m1/s1. The lowest BCUT2D eigenvalue weighted by Crippen LogP contribution is -2.49. The van der Waals surface area contributed by atoms with Crippen LogP contribution in [-0.2, 0) is 14.3 Å². The summed E-state index contributed by atoms with van der Waals surface area (Å²) in [6.45, 7) is 5.20. The highest BCUT2D eigenvalue weighted by Gasteiger charge is 2.31. The average Bonchev–Trinajstić information content (AvgIpc) is 2.42. The maximum Gasteiger partial charge on any atom is 0.408 e. The monoisotopic (exact) mass is 294 g/mol. The van der Waals surface area contributed by atoms with Crippen molar-refractivity contribution in [1.82, 2.24) is 5.32 Å². The van der Waals surface area contributed by atoms with E-state index in [1.54, 1.807) is 45.0 Å². The van der Waals surface area contributed by atoms with Crippen LogP contribution >= 0.6 is 0 Å². The van der Waals surface area contributed by atoms with Gasteiger partial charge in [0.1, 0.15) is 11.6 Å². The second-order valence-electron chi connectivity index (χ2n) is 5.58. The van der Waals surface area contributed by atoms with E-state index in [1.807, 2.05) is 6.07 Å². The Bertz CT molecular complexity index is 482. The molecule has 0 aliphatic carbocycles. The fraction of sp³-hybridized carbons (Fsp3) is 0.467. The van der Waals surface area contributed by atoms with E-state index in [2.05, 4.69) is 5.32 Å². The third-order valence-electron chi connectivity index (χ3n) is 2.67. The van der Waals surface area contributed by atoms with Gasteiger partial charge < -0.3 is 20.5 Å². The number of carbonyl (C=O) groups is 2. The molecule has 0 spiro atoms. The predicted octanol–water partition coefficient (Wildman–Crippen LogP) is 1.75. The SMILES string of the molecule is COC(=O)[C@H](NC(=O)OC(C)(C)C)[C@H](N)c1ccccc1. The summed E-state index contributed by atoms with van der Waals surface area (Å²) < 4.78 is 9.83. The molecular weight excluding hydrogens is 272 g/mol. The number of ether oxygens (including phenoxy) is 2. The number of nitrogens with two attached hydrogens (primary N) is 1. The van der Waals surface area contributed by atoms with Crippen molar-refractivity contribution in [3.63, 3.8) is 0 Å². The molecule has 1 rings (SSSR count). The minimum atomic E-state index is -1.02. The van der Waals surface area contributed by atoms with Crippen LogP contribution < -0.4 is 11.1 Å². The topological polar surface area (TPSA) is 90.6 Å². The predicted molar refractivity (Wildman–Crippen MR) is 78.5 cm³/mol. The summed E-state index contributed by atoms with van der Waals surface area (Å²) in [6.07, 6.45) is -0.718. The quantitative estimate of drug-likeness (QED) is 0.826. The smallest absolute Gasteiger partial charge is 0.408 e. The maximum absolute atomic E-state index is 11.9. The first-order valence-corrected chi connectivity index (χ1v) is 6.62. The number of nitrogens with one attached hydrogen (secondary N) is 1. The fourth-order valence-electron chi connectivity index (χ4n) is 1.72. The third-order valence-corrected chi connectivity index (χ3v) is 2.67. The van der Waals surface area contributed by atoms with Crippen molar-refractivity contribution < 1.29 is 19.1 Å². The fourth-order valence-corrected chi connectivity index (χ4v) is 1.72. The summed E-state index contributed by atoms with van der Waals surface area (Å²) in [4.78, 5) is 23.7. The highest BCUT2D eigenvalue weighted by atomic mass is 16.6. The Labute approximate surface area is 124 Å². The average molecular weight is 294 g/mol. The number of methoxy groups -OCH3 is 1. The Morgan fingerprint density at radius 2 is 1.76 bits per heavy atom. The number of benzene rings is 1. The Morgan fingerprint density at radius 1 is 1.19 bits per heavy atom. The molecule has 0 aliphatic rings. The maximum atomic E-state index is 11.9. The third kappa shape index (κ3) is 5.43. The molecule has 1 amide bonds. The van der Waals surface area contributed by atoms with Crippen LogP contribution in [0.25, 0.3) is 0 Å². The molecule has 0 saturated carbocycles. The van der Waals surface area contributed by atoms with E-state index < -0.39 is 29.7 Å². The van der Waals surface area contributed by atoms with Crippen molar-refractivity contribution >= 4 is 12.1 Å². The molecule has 0 aliphatic heterocycles. The first-order valence-electron chi connectivity index (χ1n) is 6.62. The van der Waals surface area contributed by atoms with Gasteiger partial charge in [0.2, 0.25) is 0 Å². The van der Waals surface area contributed by atoms with Crippen molar-refractivity contribution in [3.8, 4) is 0 Å². The van der Waals surface area contributed by atoms with E-state index in [4.69, 9.17) is 15.2 Å². The molecule has 6 nitrogen and oxygen atoms in total. The first-order chi connectivity index (χ1) is 9.74. The van der Waals surface area contributed by atoms with Gasteiger partial charge in [-0.25, -0.2) is 9.59 Å². The van der Waals surface area contributed by atoms with Gasteiger partial charge in [-0.3, -0.25) is 0 Å². The van der Waals surface area contributed by atoms with Gasteiger partial charge in [-0.1, -0.05) is 30.3 Å². The second-order valence-corrected chi connectivity index (χ2v) is 5.58. The van der Waals surface area contributed by atoms with Crippen LogP contribution in [0.1, 0.15) is 32.4 Å². The van der Waals surface area contributed by atoms with Crippen molar-refractivity contribution in [3.05, 3.63) is 35.9 Å².